The monoisotopic (exact) mass is 313 g/mol. The number of nitrogens with zero attached hydrogens (tertiary/aromatic N) is 1. The fraction of sp³-hybridized carbons (Fsp3) is 0.235. The zero-order chi connectivity index (χ0) is 16.8. The average Bonchev–Trinajstić information content (AvgIpc) is 2.55. The molecule has 0 fully saturated rings. The Kier molecular flexibility index (Phi) is 5.30. The summed E-state index contributed by atoms with van der Waals surface area (Å²) in [5.74, 6) is -0.728. The number of carbonyl (C=O) groups excluding carboxylic acids is 2. The van der Waals surface area contributed by atoms with Crippen molar-refractivity contribution in [1.29, 1.82) is 0 Å². The molecule has 0 saturated carbocycles. The van der Waals surface area contributed by atoms with Crippen molar-refractivity contribution in [2.75, 3.05) is 7.05 Å². The predicted octanol–water partition coefficient (Wildman–Crippen LogP) is 0.760. The summed E-state index contributed by atoms with van der Waals surface area (Å²) >= 11 is 0. The Morgan fingerprint density at radius 3 is 2.48 bits per heavy atom. The lowest BCUT2D eigenvalue weighted by Crippen LogP contribution is -2.41. The molecule has 0 aliphatic heterocycles. The van der Waals surface area contributed by atoms with Gasteiger partial charge in [0.15, 0.2) is 0 Å². The maximum atomic E-state index is 12.2. The number of benzene rings is 1. The molecule has 23 heavy (non-hydrogen) atoms. The minimum absolute atomic E-state index is 0.139. The first-order valence-electron chi connectivity index (χ1n) is 7.24. The van der Waals surface area contributed by atoms with E-state index in [1.54, 1.807) is 36.5 Å². The van der Waals surface area contributed by atoms with Crippen molar-refractivity contribution in [1.82, 2.24) is 15.2 Å². The zero-order valence-corrected chi connectivity index (χ0v) is 13.1. The highest BCUT2D eigenvalue weighted by atomic mass is 16.2. The first kappa shape index (κ1) is 16.5. The number of aromatic nitrogens is 1. The maximum Gasteiger partial charge on any atom is 0.251 e. The molecule has 1 aromatic carbocycles. The van der Waals surface area contributed by atoms with E-state index >= 15 is 0 Å². The molecule has 0 aliphatic rings. The van der Waals surface area contributed by atoms with Crippen LogP contribution < -0.4 is 16.2 Å². The van der Waals surface area contributed by atoms with Gasteiger partial charge in [-0.25, -0.2) is 0 Å². The summed E-state index contributed by atoms with van der Waals surface area (Å²) in [6.07, 6.45) is 1.56. The summed E-state index contributed by atoms with van der Waals surface area (Å²) < 4.78 is 1.30. The van der Waals surface area contributed by atoms with Crippen molar-refractivity contribution >= 4 is 11.8 Å². The van der Waals surface area contributed by atoms with E-state index < -0.39 is 11.9 Å². The quantitative estimate of drug-likeness (QED) is 0.855. The number of hydrogen-bond donors (Lipinski definition) is 2. The van der Waals surface area contributed by atoms with Crippen molar-refractivity contribution in [3.63, 3.8) is 0 Å². The topological polar surface area (TPSA) is 80.2 Å². The standard InChI is InChI=1S/C17H19N3O3/c1-12-8-9-20(15(22)10-12)11-14(21)19-16(17(23)18-2)13-6-4-3-5-7-13/h3-10,16H,11H2,1-2H3,(H,18,23)(H,19,21)/t16-/m0/s1. The Bertz CT molecular complexity index is 753. The van der Waals surface area contributed by atoms with Crippen LogP contribution in [0.5, 0.6) is 0 Å². The molecule has 0 radical (unpaired) electrons. The summed E-state index contributed by atoms with van der Waals surface area (Å²) in [4.78, 5) is 36.0. The SMILES string of the molecule is CNC(=O)[C@@H](NC(=O)Cn1ccc(C)cc1=O)c1ccccc1. The van der Waals surface area contributed by atoms with E-state index in [-0.39, 0.29) is 18.0 Å². The Morgan fingerprint density at radius 1 is 1.17 bits per heavy atom. The summed E-state index contributed by atoms with van der Waals surface area (Å²) in [7, 11) is 1.51. The van der Waals surface area contributed by atoms with Crippen molar-refractivity contribution in [2.45, 2.75) is 19.5 Å². The highest BCUT2D eigenvalue weighted by Gasteiger charge is 2.21. The van der Waals surface area contributed by atoms with Crippen LogP contribution in [0.25, 0.3) is 0 Å². The Hall–Kier alpha value is -2.89. The summed E-state index contributed by atoms with van der Waals surface area (Å²) in [5.41, 5.74) is 1.26. The molecule has 120 valence electrons. The summed E-state index contributed by atoms with van der Waals surface area (Å²) in [5, 5.41) is 5.19. The van der Waals surface area contributed by atoms with Crippen LogP contribution >= 0.6 is 0 Å². The number of rotatable bonds is 5. The third kappa shape index (κ3) is 4.29. The van der Waals surface area contributed by atoms with Crippen LogP contribution in [-0.2, 0) is 16.1 Å². The number of nitrogens with one attached hydrogen (secondary N) is 2. The largest absolute Gasteiger partial charge is 0.357 e. The molecule has 6 nitrogen and oxygen atoms in total. The molecule has 6 heteroatoms. The van der Waals surface area contributed by atoms with Gasteiger partial charge < -0.3 is 15.2 Å². The fourth-order valence-corrected chi connectivity index (χ4v) is 2.19. The first-order valence-corrected chi connectivity index (χ1v) is 7.24. The van der Waals surface area contributed by atoms with Gasteiger partial charge in [-0.3, -0.25) is 14.4 Å². The molecule has 2 amide bonds. The van der Waals surface area contributed by atoms with Gasteiger partial charge in [0.1, 0.15) is 12.6 Å². The Morgan fingerprint density at radius 2 is 1.87 bits per heavy atom. The molecule has 1 heterocycles. The van der Waals surface area contributed by atoms with E-state index in [2.05, 4.69) is 10.6 Å². The first-order chi connectivity index (χ1) is 11.0. The Balaban J connectivity index is 2.15. The van der Waals surface area contributed by atoms with E-state index in [4.69, 9.17) is 0 Å². The van der Waals surface area contributed by atoms with E-state index in [1.807, 2.05) is 13.0 Å². The lowest BCUT2D eigenvalue weighted by Gasteiger charge is -2.18. The molecule has 2 rings (SSSR count). The van der Waals surface area contributed by atoms with Gasteiger partial charge in [0.25, 0.3) is 5.56 Å². The van der Waals surface area contributed by atoms with E-state index in [9.17, 15) is 14.4 Å². The number of likely N-dealkylation sites (N-methyl/N-ethyl adjacent to an activating group) is 1. The van der Waals surface area contributed by atoms with Gasteiger partial charge in [-0.1, -0.05) is 30.3 Å². The second kappa shape index (κ2) is 7.40. The normalized spacial score (nSPS) is 11.6. The fourth-order valence-electron chi connectivity index (χ4n) is 2.19. The minimum atomic E-state index is -0.796. The lowest BCUT2D eigenvalue weighted by molar-refractivity contribution is -0.129. The molecule has 0 unspecified atom stereocenters. The van der Waals surface area contributed by atoms with Crippen LogP contribution in [0.15, 0.2) is 53.5 Å². The number of pyridine rings is 1. The van der Waals surface area contributed by atoms with Crippen molar-refractivity contribution < 1.29 is 9.59 Å². The van der Waals surface area contributed by atoms with E-state index in [1.165, 1.54) is 17.7 Å². The molecule has 0 bridgehead atoms. The van der Waals surface area contributed by atoms with Crippen molar-refractivity contribution in [3.05, 3.63) is 70.1 Å². The molecular weight excluding hydrogens is 294 g/mol. The van der Waals surface area contributed by atoms with Gasteiger partial charge in [-0.05, 0) is 24.1 Å². The molecule has 1 aromatic heterocycles. The summed E-state index contributed by atoms with van der Waals surface area (Å²) in [6.45, 7) is 1.67. The molecule has 0 aliphatic carbocycles. The number of hydrogen-bond acceptors (Lipinski definition) is 3. The van der Waals surface area contributed by atoms with Crippen LogP contribution in [0, 0.1) is 6.92 Å². The van der Waals surface area contributed by atoms with Crippen LogP contribution in [-0.4, -0.2) is 23.4 Å². The van der Waals surface area contributed by atoms with Crippen LogP contribution in [0.2, 0.25) is 0 Å². The highest BCUT2D eigenvalue weighted by Crippen LogP contribution is 2.12. The third-order valence-corrected chi connectivity index (χ3v) is 3.41. The van der Waals surface area contributed by atoms with Crippen LogP contribution in [0.3, 0.4) is 0 Å². The molecule has 0 saturated heterocycles. The van der Waals surface area contributed by atoms with Gasteiger partial charge in [0.05, 0.1) is 0 Å². The van der Waals surface area contributed by atoms with Gasteiger partial charge in [0.2, 0.25) is 11.8 Å². The van der Waals surface area contributed by atoms with Crippen LogP contribution in [0.1, 0.15) is 17.2 Å². The minimum Gasteiger partial charge on any atom is -0.357 e. The highest BCUT2D eigenvalue weighted by molar-refractivity contribution is 5.88. The van der Waals surface area contributed by atoms with Gasteiger partial charge in [-0.2, -0.15) is 0 Å². The Labute approximate surface area is 134 Å². The van der Waals surface area contributed by atoms with Crippen LogP contribution in [0.4, 0.5) is 0 Å². The maximum absolute atomic E-state index is 12.2. The number of aryl methyl sites for hydroxylation is 1. The molecule has 2 aromatic rings. The second-order valence-electron chi connectivity index (χ2n) is 5.20. The summed E-state index contributed by atoms with van der Waals surface area (Å²) in [6, 6.07) is 11.4. The van der Waals surface area contributed by atoms with Gasteiger partial charge in [-0.15, -0.1) is 0 Å². The molecule has 2 N–H and O–H groups in total. The zero-order valence-electron chi connectivity index (χ0n) is 13.1. The second-order valence-corrected chi connectivity index (χ2v) is 5.20. The molecule has 0 spiro atoms. The van der Waals surface area contributed by atoms with Gasteiger partial charge >= 0.3 is 0 Å². The predicted molar refractivity (Wildman–Crippen MR) is 86.8 cm³/mol. The molecule has 1 atom stereocenters. The lowest BCUT2D eigenvalue weighted by atomic mass is 10.1. The van der Waals surface area contributed by atoms with Crippen molar-refractivity contribution in [3.8, 4) is 0 Å². The van der Waals surface area contributed by atoms with E-state index in [0.717, 1.165) is 5.56 Å². The number of amides is 2. The van der Waals surface area contributed by atoms with E-state index in [0.29, 0.717) is 5.56 Å². The average molecular weight is 313 g/mol. The molecular formula is C17H19N3O3. The third-order valence-electron chi connectivity index (χ3n) is 3.41. The smallest absolute Gasteiger partial charge is 0.251 e. The van der Waals surface area contributed by atoms with Gasteiger partial charge in [0, 0.05) is 19.3 Å². The number of carbonyl (C=O) groups is 2. The van der Waals surface area contributed by atoms with Crippen molar-refractivity contribution in [2.24, 2.45) is 0 Å².